The second-order valence-electron chi connectivity index (χ2n) is 5.48. The monoisotopic (exact) mass is 228 g/mol. The van der Waals surface area contributed by atoms with Gasteiger partial charge in [-0.15, -0.1) is 0 Å². The zero-order valence-corrected chi connectivity index (χ0v) is 10.9. The van der Waals surface area contributed by atoms with E-state index in [1.165, 1.54) is 29.3 Å². The zero-order valence-electron chi connectivity index (χ0n) is 10.9. The molecule has 0 N–H and O–H groups in total. The number of rotatable bonds is 2. The van der Waals surface area contributed by atoms with Crippen molar-refractivity contribution in [2.75, 3.05) is 14.1 Å². The van der Waals surface area contributed by atoms with Crippen molar-refractivity contribution in [3.05, 3.63) is 36.0 Å². The summed E-state index contributed by atoms with van der Waals surface area (Å²) in [4.78, 5) is 2.34. The van der Waals surface area contributed by atoms with Crippen LogP contribution in [0.15, 0.2) is 30.5 Å². The van der Waals surface area contributed by atoms with E-state index in [1.54, 1.807) is 0 Å². The van der Waals surface area contributed by atoms with E-state index in [2.05, 4.69) is 60.9 Å². The smallest absolute Gasteiger partial charge is 0.0512 e. The molecule has 1 aliphatic carbocycles. The average molecular weight is 228 g/mol. The second kappa shape index (κ2) is 3.88. The van der Waals surface area contributed by atoms with Gasteiger partial charge in [0, 0.05) is 18.3 Å². The number of hydrogen-bond acceptors (Lipinski definition) is 1. The molecule has 0 bridgehead atoms. The fourth-order valence-corrected chi connectivity index (χ4v) is 2.92. The van der Waals surface area contributed by atoms with Gasteiger partial charge in [0.2, 0.25) is 0 Å². The summed E-state index contributed by atoms with van der Waals surface area (Å²) in [5.41, 5.74) is 2.82. The van der Waals surface area contributed by atoms with Gasteiger partial charge in [-0.05, 0) is 50.9 Å². The van der Waals surface area contributed by atoms with E-state index in [0.29, 0.717) is 6.04 Å². The molecular formula is C15H20N2. The second-order valence-corrected chi connectivity index (χ2v) is 5.48. The third-order valence-corrected chi connectivity index (χ3v) is 4.15. The Hall–Kier alpha value is -1.28. The third kappa shape index (κ3) is 1.67. The molecule has 1 saturated carbocycles. The molecule has 0 unspecified atom stereocenters. The first-order chi connectivity index (χ1) is 8.16. The van der Waals surface area contributed by atoms with E-state index in [9.17, 15) is 0 Å². The quantitative estimate of drug-likeness (QED) is 0.766. The van der Waals surface area contributed by atoms with Crippen molar-refractivity contribution in [3.63, 3.8) is 0 Å². The molecule has 1 aliphatic rings. The summed E-state index contributed by atoms with van der Waals surface area (Å²) in [5, 5.41) is 1.37. The molecule has 17 heavy (non-hydrogen) atoms. The summed E-state index contributed by atoms with van der Waals surface area (Å²) in [7, 11) is 4.36. The lowest BCUT2D eigenvalue weighted by atomic mass is 9.85. The summed E-state index contributed by atoms with van der Waals surface area (Å²) in [6.45, 7) is 2.21. The molecule has 0 saturated heterocycles. The molecule has 0 aliphatic heterocycles. The van der Waals surface area contributed by atoms with Crippen LogP contribution in [0.25, 0.3) is 10.9 Å². The van der Waals surface area contributed by atoms with Crippen molar-refractivity contribution in [1.82, 2.24) is 9.47 Å². The van der Waals surface area contributed by atoms with Crippen LogP contribution in [-0.4, -0.2) is 29.6 Å². The standard InChI is InChI=1S/C15H20N2/c1-11-5-4-6-12-7-8-17(15(11)12)14-9-13(10-14)16(2)3/h4-8,13-14H,9-10H2,1-3H3. The van der Waals surface area contributed by atoms with Crippen molar-refractivity contribution in [3.8, 4) is 0 Å². The van der Waals surface area contributed by atoms with Crippen molar-refractivity contribution in [2.24, 2.45) is 0 Å². The highest BCUT2D eigenvalue weighted by molar-refractivity contribution is 5.83. The minimum absolute atomic E-state index is 0.695. The first-order valence-corrected chi connectivity index (χ1v) is 6.39. The number of benzene rings is 1. The van der Waals surface area contributed by atoms with E-state index in [1.807, 2.05) is 0 Å². The van der Waals surface area contributed by atoms with E-state index in [0.717, 1.165) is 6.04 Å². The topological polar surface area (TPSA) is 8.17 Å². The number of hydrogen-bond donors (Lipinski definition) is 0. The van der Waals surface area contributed by atoms with Crippen LogP contribution in [0, 0.1) is 6.92 Å². The maximum Gasteiger partial charge on any atom is 0.0512 e. The lowest BCUT2D eigenvalue weighted by molar-refractivity contribution is 0.132. The molecule has 0 spiro atoms. The molecule has 0 amide bonds. The van der Waals surface area contributed by atoms with Crippen LogP contribution in [0.2, 0.25) is 0 Å². The van der Waals surface area contributed by atoms with Gasteiger partial charge in [-0.25, -0.2) is 0 Å². The van der Waals surface area contributed by atoms with E-state index in [4.69, 9.17) is 0 Å². The van der Waals surface area contributed by atoms with Crippen LogP contribution in [0.4, 0.5) is 0 Å². The molecule has 2 nitrogen and oxygen atoms in total. The normalized spacial score (nSPS) is 24.2. The molecule has 2 heteroatoms. The van der Waals surface area contributed by atoms with Gasteiger partial charge in [-0.1, -0.05) is 18.2 Å². The average Bonchev–Trinajstić information content (AvgIpc) is 2.60. The lowest BCUT2D eigenvalue weighted by Crippen LogP contribution is -2.41. The molecule has 0 radical (unpaired) electrons. The number of para-hydroxylation sites is 1. The minimum atomic E-state index is 0.695. The maximum atomic E-state index is 2.48. The van der Waals surface area contributed by atoms with Crippen LogP contribution in [0.3, 0.4) is 0 Å². The summed E-state index contributed by atoms with van der Waals surface area (Å²) in [6.07, 6.45) is 4.82. The lowest BCUT2D eigenvalue weighted by Gasteiger charge is -2.40. The highest BCUT2D eigenvalue weighted by atomic mass is 15.1. The summed E-state index contributed by atoms with van der Waals surface area (Å²) in [6, 6.07) is 10.3. The molecule has 3 rings (SSSR count). The van der Waals surface area contributed by atoms with Crippen LogP contribution in [0.1, 0.15) is 24.4 Å². The molecular weight excluding hydrogens is 208 g/mol. The van der Waals surface area contributed by atoms with Gasteiger partial charge >= 0.3 is 0 Å². The highest BCUT2D eigenvalue weighted by Gasteiger charge is 2.32. The van der Waals surface area contributed by atoms with Crippen LogP contribution < -0.4 is 0 Å². The number of aromatic nitrogens is 1. The van der Waals surface area contributed by atoms with Gasteiger partial charge in [-0.3, -0.25) is 0 Å². The van der Waals surface area contributed by atoms with Crippen LogP contribution >= 0.6 is 0 Å². The number of fused-ring (bicyclic) bond motifs is 1. The van der Waals surface area contributed by atoms with Gasteiger partial charge in [-0.2, -0.15) is 0 Å². The Kier molecular flexibility index (Phi) is 2.48. The van der Waals surface area contributed by atoms with Gasteiger partial charge < -0.3 is 9.47 Å². The molecule has 1 aromatic carbocycles. The van der Waals surface area contributed by atoms with Gasteiger partial charge in [0.25, 0.3) is 0 Å². The largest absolute Gasteiger partial charge is 0.344 e. The summed E-state index contributed by atoms with van der Waals surface area (Å²) < 4.78 is 2.48. The van der Waals surface area contributed by atoms with Crippen molar-refractivity contribution in [2.45, 2.75) is 31.8 Å². The predicted octanol–water partition coefficient (Wildman–Crippen LogP) is 3.21. The van der Waals surface area contributed by atoms with Crippen molar-refractivity contribution < 1.29 is 0 Å². The Bertz CT molecular complexity index is 533. The van der Waals surface area contributed by atoms with Crippen molar-refractivity contribution >= 4 is 10.9 Å². The number of nitrogens with zero attached hydrogens (tertiary/aromatic N) is 2. The Morgan fingerprint density at radius 3 is 2.65 bits per heavy atom. The predicted molar refractivity (Wildman–Crippen MR) is 72.4 cm³/mol. The SMILES string of the molecule is Cc1cccc2ccn(C3CC(N(C)C)C3)c12. The fraction of sp³-hybridized carbons (Fsp3) is 0.467. The van der Waals surface area contributed by atoms with E-state index >= 15 is 0 Å². The Labute approximate surface area is 103 Å². The zero-order chi connectivity index (χ0) is 12.0. The molecule has 1 fully saturated rings. The van der Waals surface area contributed by atoms with E-state index in [-0.39, 0.29) is 0 Å². The minimum Gasteiger partial charge on any atom is -0.344 e. The Morgan fingerprint density at radius 2 is 1.94 bits per heavy atom. The molecule has 1 heterocycles. The van der Waals surface area contributed by atoms with Gasteiger partial charge in [0.1, 0.15) is 0 Å². The van der Waals surface area contributed by atoms with E-state index < -0.39 is 0 Å². The van der Waals surface area contributed by atoms with Crippen LogP contribution in [0.5, 0.6) is 0 Å². The third-order valence-electron chi connectivity index (χ3n) is 4.15. The Balaban J connectivity index is 1.92. The molecule has 2 aromatic rings. The Morgan fingerprint density at radius 1 is 1.18 bits per heavy atom. The maximum absolute atomic E-state index is 2.48. The summed E-state index contributed by atoms with van der Waals surface area (Å²) >= 11 is 0. The van der Waals surface area contributed by atoms with Gasteiger partial charge in [0.05, 0.1) is 5.52 Å². The van der Waals surface area contributed by atoms with Crippen LogP contribution in [-0.2, 0) is 0 Å². The molecule has 90 valence electrons. The molecule has 1 aromatic heterocycles. The van der Waals surface area contributed by atoms with Gasteiger partial charge in [0.15, 0.2) is 0 Å². The summed E-state index contributed by atoms with van der Waals surface area (Å²) in [5.74, 6) is 0. The highest BCUT2D eigenvalue weighted by Crippen LogP contribution is 2.37. The first-order valence-electron chi connectivity index (χ1n) is 6.39. The first kappa shape index (κ1) is 10.8. The fourth-order valence-electron chi connectivity index (χ4n) is 2.92. The molecule has 0 atom stereocenters. The van der Waals surface area contributed by atoms with Crippen molar-refractivity contribution in [1.29, 1.82) is 0 Å². The number of aryl methyl sites for hydroxylation is 1.